The maximum Gasteiger partial charge on any atom is 0.310 e. The van der Waals surface area contributed by atoms with E-state index in [0.29, 0.717) is 11.8 Å². The summed E-state index contributed by atoms with van der Waals surface area (Å²) in [6, 6.07) is 0. The summed E-state index contributed by atoms with van der Waals surface area (Å²) in [4.78, 5) is 12.8. The van der Waals surface area contributed by atoms with Crippen molar-refractivity contribution in [1.29, 1.82) is 0 Å². The van der Waals surface area contributed by atoms with Crippen LogP contribution >= 0.6 is 0 Å². The molecule has 0 amide bonds. The van der Waals surface area contributed by atoms with E-state index < -0.39 is 11.4 Å². The molecule has 33 heavy (non-hydrogen) atoms. The van der Waals surface area contributed by atoms with Gasteiger partial charge < -0.3 is 10.2 Å². The lowest BCUT2D eigenvalue weighted by atomic mass is 9.33. The van der Waals surface area contributed by atoms with Crippen LogP contribution in [0, 0.1) is 50.2 Å². The third-order valence-electron chi connectivity index (χ3n) is 13.0. The second-order valence-corrected chi connectivity index (χ2v) is 15.1. The Kier molecular flexibility index (Phi) is 4.99. The largest absolute Gasteiger partial charge is 0.481 e. The van der Waals surface area contributed by atoms with Gasteiger partial charge in [0.2, 0.25) is 0 Å². The van der Waals surface area contributed by atoms with E-state index >= 15 is 0 Å². The molecule has 2 N–H and O–H groups in total. The molecule has 5 aliphatic carbocycles. The van der Waals surface area contributed by atoms with Crippen LogP contribution in [-0.4, -0.2) is 22.3 Å². The van der Waals surface area contributed by atoms with Crippen LogP contribution in [-0.2, 0) is 4.79 Å². The highest BCUT2D eigenvalue weighted by molar-refractivity contribution is 5.76. The predicted octanol–water partition coefficient (Wildman–Crippen LogP) is 7.23. The maximum atomic E-state index is 12.8. The first-order valence-electron chi connectivity index (χ1n) is 13.8. The van der Waals surface area contributed by atoms with Crippen molar-refractivity contribution in [2.24, 2.45) is 50.2 Å². The van der Waals surface area contributed by atoms with Gasteiger partial charge >= 0.3 is 5.97 Å². The number of allylic oxidation sites excluding steroid dienone is 2. The zero-order valence-corrected chi connectivity index (χ0v) is 22.3. The molecule has 0 bridgehead atoms. The zero-order chi connectivity index (χ0) is 24.2. The first-order chi connectivity index (χ1) is 15.1. The van der Waals surface area contributed by atoms with Crippen molar-refractivity contribution < 1.29 is 15.0 Å². The summed E-state index contributed by atoms with van der Waals surface area (Å²) in [6.07, 6.45) is 12.6. The van der Waals surface area contributed by atoms with Gasteiger partial charge in [0.05, 0.1) is 11.5 Å². The smallest absolute Gasteiger partial charge is 0.310 e. The molecular formula is C30H48O3. The summed E-state index contributed by atoms with van der Waals surface area (Å²) >= 11 is 0. The number of carboxylic acids is 1. The Bertz CT molecular complexity index is 885. The number of carboxylic acid groups (broad SMARTS) is 1. The molecule has 0 heterocycles. The predicted molar refractivity (Wildman–Crippen MR) is 133 cm³/mol. The number of fused-ring (bicyclic) bond motifs is 7. The number of carbonyl (C=O) groups is 1. The van der Waals surface area contributed by atoms with Crippen LogP contribution in [0.25, 0.3) is 0 Å². The summed E-state index contributed by atoms with van der Waals surface area (Å²) in [5, 5.41) is 21.4. The van der Waals surface area contributed by atoms with E-state index in [4.69, 9.17) is 0 Å². The Hall–Kier alpha value is -0.830. The number of hydrogen-bond donors (Lipinski definition) is 2. The summed E-state index contributed by atoms with van der Waals surface area (Å²) < 4.78 is 0. The standard InChI is InChI=1S/C30H48O3/c1-25(2)14-16-30(24(32)33)17-15-28(6)19(20(30)18-25)8-9-22-27(5)12-11-23(31)26(3,4)21(27)10-13-29(22,28)7/h8,20-23,31H,9-18H2,1-7H3,(H,32,33)/t20-,21+,22+,23+,27+,28-,29+,30+/m1/s1. The van der Waals surface area contributed by atoms with Gasteiger partial charge in [-0.25, -0.2) is 0 Å². The Morgan fingerprint density at radius 3 is 2.21 bits per heavy atom. The molecule has 0 aromatic heterocycles. The minimum atomic E-state index is -0.553. The first kappa shape index (κ1) is 23.9. The van der Waals surface area contributed by atoms with Crippen LogP contribution in [0.5, 0.6) is 0 Å². The topological polar surface area (TPSA) is 57.5 Å². The van der Waals surface area contributed by atoms with E-state index in [1.807, 2.05) is 0 Å². The highest BCUT2D eigenvalue weighted by Crippen LogP contribution is 2.75. The zero-order valence-electron chi connectivity index (χ0n) is 22.3. The van der Waals surface area contributed by atoms with E-state index in [-0.39, 0.29) is 39.1 Å². The molecule has 0 aromatic carbocycles. The highest BCUT2D eigenvalue weighted by atomic mass is 16.4. The molecule has 3 heteroatoms. The fourth-order valence-corrected chi connectivity index (χ4v) is 10.6. The number of rotatable bonds is 1. The van der Waals surface area contributed by atoms with E-state index in [2.05, 4.69) is 54.5 Å². The van der Waals surface area contributed by atoms with Gasteiger partial charge in [-0.05, 0) is 109 Å². The Morgan fingerprint density at radius 1 is 0.879 bits per heavy atom. The van der Waals surface area contributed by atoms with Gasteiger partial charge in [0.25, 0.3) is 0 Å². The third kappa shape index (κ3) is 2.87. The van der Waals surface area contributed by atoms with Crippen molar-refractivity contribution in [1.82, 2.24) is 0 Å². The Balaban J connectivity index is 1.60. The van der Waals surface area contributed by atoms with Gasteiger partial charge in [0.15, 0.2) is 0 Å². The van der Waals surface area contributed by atoms with Crippen LogP contribution in [0.4, 0.5) is 0 Å². The number of hydrogen-bond acceptors (Lipinski definition) is 2. The maximum absolute atomic E-state index is 12.8. The van der Waals surface area contributed by atoms with Crippen LogP contribution in [0.15, 0.2) is 11.6 Å². The van der Waals surface area contributed by atoms with Gasteiger partial charge in [0, 0.05) is 0 Å². The van der Waals surface area contributed by atoms with Crippen molar-refractivity contribution in [2.75, 3.05) is 0 Å². The number of aliphatic hydroxyl groups is 1. The minimum Gasteiger partial charge on any atom is -0.481 e. The van der Waals surface area contributed by atoms with Crippen molar-refractivity contribution in [3.63, 3.8) is 0 Å². The molecule has 4 fully saturated rings. The van der Waals surface area contributed by atoms with E-state index in [1.165, 1.54) is 18.4 Å². The van der Waals surface area contributed by atoms with Crippen molar-refractivity contribution in [3.05, 3.63) is 11.6 Å². The molecule has 0 saturated heterocycles. The lowest BCUT2D eigenvalue weighted by Crippen LogP contribution is -2.65. The molecule has 5 rings (SSSR count). The third-order valence-corrected chi connectivity index (χ3v) is 13.0. The molecule has 0 spiro atoms. The van der Waals surface area contributed by atoms with E-state index in [1.54, 1.807) is 0 Å². The lowest BCUT2D eigenvalue weighted by molar-refractivity contribution is -0.205. The number of aliphatic hydroxyl groups excluding tert-OH is 1. The molecule has 0 aliphatic heterocycles. The molecule has 8 atom stereocenters. The molecule has 0 radical (unpaired) electrons. The van der Waals surface area contributed by atoms with Gasteiger partial charge in [-0.3, -0.25) is 4.79 Å². The van der Waals surface area contributed by atoms with E-state index in [9.17, 15) is 15.0 Å². The van der Waals surface area contributed by atoms with Crippen LogP contribution in [0.1, 0.15) is 113 Å². The Morgan fingerprint density at radius 2 is 1.55 bits per heavy atom. The van der Waals surface area contributed by atoms with Crippen LogP contribution in [0.3, 0.4) is 0 Å². The van der Waals surface area contributed by atoms with Crippen molar-refractivity contribution >= 4 is 5.97 Å². The average molecular weight is 457 g/mol. The SMILES string of the molecule is CC1(C)CC[C@]2(C(=O)O)CC[C@]3(C)C(=CC[C@H]4[C@@]5(C)CC[C@H](O)C(C)(C)[C@@H]5CC[C@@]43C)[C@H]2C1. The molecule has 4 saturated carbocycles. The lowest BCUT2D eigenvalue weighted by Gasteiger charge is -2.71. The fourth-order valence-electron chi connectivity index (χ4n) is 10.6. The van der Waals surface area contributed by atoms with Crippen molar-refractivity contribution in [2.45, 2.75) is 119 Å². The normalized spacial score (nSPS) is 52.4. The van der Waals surface area contributed by atoms with Gasteiger partial charge in [-0.1, -0.05) is 60.1 Å². The highest BCUT2D eigenvalue weighted by Gasteiger charge is 2.69. The average Bonchev–Trinajstić information content (AvgIpc) is 2.71. The summed E-state index contributed by atoms with van der Waals surface area (Å²) in [5.41, 5.74) is 1.68. The first-order valence-corrected chi connectivity index (χ1v) is 13.8. The summed E-state index contributed by atoms with van der Waals surface area (Å²) in [7, 11) is 0. The molecular weight excluding hydrogens is 408 g/mol. The fraction of sp³-hybridized carbons (Fsp3) is 0.900. The van der Waals surface area contributed by atoms with Crippen molar-refractivity contribution in [3.8, 4) is 0 Å². The molecule has 0 aromatic rings. The van der Waals surface area contributed by atoms with Crippen LogP contribution in [0.2, 0.25) is 0 Å². The minimum absolute atomic E-state index is 0.0301. The van der Waals surface area contributed by atoms with Gasteiger partial charge in [0.1, 0.15) is 0 Å². The van der Waals surface area contributed by atoms with E-state index in [0.717, 1.165) is 51.4 Å². The second-order valence-electron chi connectivity index (χ2n) is 15.1. The second kappa shape index (κ2) is 6.89. The molecule has 186 valence electrons. The number of aliphatic carboxylic acids is 1. The monoisotopic (exact) mass is 456 g/mol. The quantitative estimate of drug-likeness (QED) is 0.409. The summed E-state index contributed by atoms with van der Waals surface area (Å²) in [5.74, 6) is 0.807. The Labute approximate surface area is 201 Å². The van der Waals surface area contributed by atoms with Crippen LogP contribution < -0.4 is 0 Å². The van der Waals surface area contributed by atoms with Gasteiger partial charge in [-0.2, -0.15) is 0 Å². The van der Waals surface area contributed by atoms with Gasteiger partial charge in [-0.15, -0.1) is 0 Å². The molecule has 5 aliphatic rings. The molecule has 0 unspecified atom stereocenters. The molecule has 3 nitrogen and oxygen atoms in total. The summed E-state index contributed by atoms with van der Waals surface area (Å²) in [6.45, 7) is 16.9.